The number of aryl methyl sites for hydroxylation is 1. The molecular formula is C30H56O4S2. The molecule has 0 aliphatic carbocycles. The Hall–Kier alpha value is -1.14. The minimum absolute atomic E-state index is 0.216. The second kappa shape index (κ2) is 30.1. The van der Waals surface area contributed by atoms with Crippen molar-refractivity contribution in [1.82, 2.24) is 0 Å². The van der Waals surface area contributed by atoms with Crippen LogP contribution in [0.2, 0.25) is 0 Å². The van der Waals surface area contributed by atoms with Gasteiger partial charge in [-0.15, -0.1) is 0 Å². The molecular weight excluding hydrogens is 488 g/mol. The van der Waals surface area contributed by atoms with Crippen LogP contribution >= 0.6 is 24.4 Å². The Labute approximate surface area is 233 Å². The number of thioether (sulfide) groups is 1. The summed E-state index contributed by atoms with van der Waals surface area (Å²) in [5, 5.41) is 0. The fourth-order valence-corrected chi connectivity index (χ4v) is 3.89. The number of carbonyl (C=O) groups excluding carboxylic acids is 2. The second-order valence-electron chi connectivity index (χ2n) is 8.69. The van der Waals surface area contributed by atoms with E-state index < -0.39 is 0 Å². The van der Waals surface area contributed by atoms with Gasteiger partial charge in [-0.3, -0.25) is 4.79 Å². The van der Waals surface area contributed by atoms with E-state index in [0.29, 0.717) is 30.7 Å². The molecule has 1 aromatic carbocycles. The van der Waals surface area contributed by atoms with E-state index in [2.05, 4.69) is 38.1 Å². The predicted molar refractivity (Wildman–Crippen MR) is 164 cm³/mol. The molecule has 212 valence electrons. The van der Waals surface area contributed by atoms with Gasteiger partial charge in [0.15, 0.2) is 0 Å². The molecule has 0 saturated heterocycles. The number of ether oxygens (including phenoxy) is 2. The molecule has 4 nitrogen and oxygen atoms in total. The van der Waals surface area contributed by atoms with Crippen molar-refractivity contribution >= 4 is 36.8 Å². The van der Waals surface area contributed by atoms with Crippen LogP contribution in [0.3, 0.4) is 0 Å². The third-order valence-corrected chi connectivity index (χ3v) is 6.76. The van der Waals surface area contributed by atoms with E-state index in [1.165, 1.54) is 37.9 Å². The van der Waals surface area contributed by atoms with E-state index in [4.69, 9.17) is 4.74 Å². The van der Waals surface area contributed by atoms with Gasteiger partial charge < -0.3 is 9.47 Å². The van der Waals surface area contributed by atoms with Gasteiger partial charge in [-0.2, -0.15) is 24.4 Å². The van der Waals surface area contributed by atoms with Gasteiger partial charge in [0.1, 0.15) is 0 Å². The Morgan fingerprint density at radius 2 is 1.50 bits per heavy atom. The molecule has 0 atom stereocenters. The van der Waals surface area contributed by atoms with Gasteiger partial charge in [-0.1, -0.05) is 85.4 Å². The van der Waals surface area contributed by atoms with E-state index in [0.717, 1.165) is 36.3 Å². The van der Waals surface area contributed by atoms with Crippen molar-refractivity contribution in [3.63, 3.8) is 0 Å². The van der Waals surface area contributed by atoms with Crippen LogP contribution < -0.4 is 0 Å². The van der Waals surface area contributed by atoms with Crippen molar-refractivity contribution in [2.75, 3.05) is 30.5 Å². The van der Waals surface area contributed by atoms with Crippen LogP contribution in [0.1, 0.15) is 116 Å². The van der Waals surface area contributed by atoms with Crippen molar-refractivity contribution < 1.29 is 19.1 Å². The summed E-state index contributed by atoms with van der Waals surface area (Å²) in [5.41, 5.74) is 2.18. The monoisotopic (exact) mass is 544 g/mol. The maximum absolute atomic E-state index is 11.8. The Morgan fingerprint density at radius 3 is 2.06 bits per heavy atom. The summed E-state index contributed by atoms with van der Waals surface area (Å²) in [4.78, 5) is 21.5. The summed E-state index contributed by atoms with van der Waals surface area (Å²) in [6.07, 6.45) is 9.29. The minimum atomic E-state index is -0.216. The zero-order valence-corrected chi connectivity index (χ0v) is 26.3. The van der Waals surface area contributed by atoms with Crippen molar-refractivity contribution in [2.24, 2.45) is 5.41 Å². The van der Waals surface area contributed by atoms with Crippen LogP contribution in [0.4, 0.5) is 0 Å². The van der Waals surface area contributed by atoms with Crippen LogP contribution in [0.25, 0.3) is 0 Å². The summed E-state index contributed by atoms with van der Waals surface area (Å²) in [6, 6.07) is 7.49. The van der Waals surface area contributed by atoms with E-state index in [1.54, 1.807) is 0 Å². The van der Waals surface area contributed by atoms with Gasteiger partial charge in [0.25, 0.3) is 6.47 Å². The summed E-state index contributed by atoms with van der Waals surface area (Å²) in [7, 11) is 0. The quantitative estimate of drug-likeness (QED) is 0.0917. The molecule has 0 aliphatic heterocycles. The van der Waals surface area contributed by atoms with Crippen LogP contribution in [0, 0.1) is 12.3 Å². The third-order valence-electron chi connectivity index (χ3n) is 5.29. The lowest BCUT2D eigenvalue weighted by atomic mass is 9.85. The van der Waals surface area contributed by atoms with E-state index in [1.807, 2.05) is 70.6 Å². The minimum Gasteiger partial charge on any atom is -0.468 e. The van der Waals surface area contributed by atoms with Gasteiger partial charge in [0, 0.05) is 0 Å². The Morgan fingerprint density at radius 1 is 0.917 bits per heavy atom. The van der Waals surface area contributed by atoms with Crippen LogP contribution in [-0.4, -0.2) is 42.9 Å². The molecule has 0 unspecified atom stereocenters. The normalized spacial score (nSPS) is 9.92. The smallest absolute Gasteiger partial charge is 0.338 e. The first kappa shape index (κ1) is 39.4. The number of benzene rings is 1. The molecule has 0 fully saturated rings. The van der Waals surface area contributed by atoms with Gasteiger partial charge in [-0.25, -0.2) is 4.79 Å². The van der Waals surface area contributed by atoms with Crippen LogP contribution in [0.15, 0.2) is 24.3 Å². The number of hydrogen-bond acceptors (Lipinski definition) is 6. The first-order chi connectivity index (χ1) is 17.4. The molecule has 0 aliphatic rings. The number of thiol groups is 1. The fraction of sp³-hybridized carbons (Fsp3) is 0.733. The topological polar surface area (TPSA) is 52.6 Å². The first-order valence-corrected chi connectivity index (χ1v) is 15.6. The highest BCUT2D eigenvalue weighted by Crippen LogP contribution is 2.25. The summed E-state index contributed by atoms with van der Waals surface area (Å²) >= 11 is 6.15. The predicted octanol–water partition coefficient (Wildman–Crippen LogP) is 9.19. The first-order valence-electron chi connectivity index (χ1n) is 13.8. The highest BCUT2D eigenvalue weighted by Gasteiger charge is 2.13. The average molecular weight is 545 g/mol. The molecule has 0 saturated carbocycles. The van der Waals surface area contributed by atoms with Crippen LogP contribution in [0.5, 0.6) is 0 Å². The highest BCUT2D eigenvalue weighted by molar-refractivity contribution is 7.99. The average Bonchev–Trinajstić information content (AvgIpc) is 2.91. The molecule has 1 aromatic rings. The number of esters is 1. The van der Waals surface area contributed by atoms with Crippen molar-refractivity contribution in [3.05, 3.63) is 35.4 Å². The molecule has 6 heteroatoms. The van der Waals surface area contributed by atoms with Crippen LogP contribution in [-0.2, 0) is 14.3 Å². The molecule has 0 aromatic heterocycles. The highest BCUT2D eigenvalue weighted by atomic mass is 32.2. The maximum atomic E-state index is 11.8. The Balaban J connectivity index is -0.000000613. The van der Waals surface area contributed by atoms with E-state index in [-0.39, 0.29) is 5.97 Å². The molecule has 0 spiro atoms. The van der Waals surface area contributed by atoms with Crippen molar-refractivity contribution in [1.29, 1.82) is 0 Å². The third kappa shape index (κ3) is 27.4. The summed E-state index contributed by atoms with van der Waals surface area (Å²) < 4.78 is 9.86. The molecule has 0 heterocycles. The lowest BCUT2D eigenvalue weighted by Gasteiger charge is -2.21. The van der Waals surface area contributed by atoms with Gasteiger partial charge in [0.2, 0.25) is 0 Å². The molecule has 0 amide bonds. The standard InChI is InChI=1S/C17H26O2S2.C9H18O2.2C2H6/c1-15-7-9-16(10-8-15)17(18)19-11-6-14-21-13-5-3-2-4-12-20;1-4-9(2,3)6-5-7-11-8-10;2*1-2/h7-10,20H,2-6,11-14H2,1H3;8H,4-7H2,1-3H3;2*1-2H3. The summed E-state index contributed by atoms with van der Waals surface area (Å²) in [6.45, 7) is 18.2. The Bertz CT molecular complexity index is 589. The van der Waals surface area contributed by atoms with E-state index in [9.17, 15) is 9.59 Å². The van der Waals surface area contributed by atoms with Crippen molar-refractivity contribution in [2.45, 2.75) is 107 Å². The molecule has 1 rings (SSSR count). The zero-order chi connectivity index (χ0) is 28.1. The number of rotatable bonds is 17. The lowest BCUT2D eigenvalue weighted by Crippen LogP contribution is -2.10. The number of carbonyl (C=O) groups is 2. The number of unbranched alkanes of at least 4 members (excludes halogenated alkanes) is 3. The fourth-order valence-electron chi connectivity index (χ4n) is 2.73. The van der Waals surface area contributed by atoms with Crippen molar-refractivity contribution in [3.8, 4) is 0 Å². The Kier molecular flexibility index (Phi) is 32.9. The zero-order valence-electron chi connectivity index (χ0n) is 24.6. The summed E-state index contributed by atoms with van der Waals surface area (Å²) in [5.74, 6) is 3.05. The second-order valence-corrected chi connectivity index (χ2v) is 10.4. The SMILES string of the molecule is CC.CC.CCC(C)(C)CCCOC=O.Cc1ccc(C(=O)OCCCSCCCCCCS)cc1. The molecule has 0 radical (unpaired) electrons. The lowest BCUT2D eigenvalue weighted by molar-refractivity contribution is -0.128. The van der Waals surface area contributed by atoms with Gasteiger partial charge in [0.05, 0.1) is 18.8 Å². The molecule has 36 heavy (non-hydrogen) atoms. The number of hydrogen-bond donors (Lipinski definition) is 1. The largest absolute Gasteiger partial charge is 0.468 e. The maximum Gasteiger partial charge on any atom is 0.338 e. The molecule has 0 N–H and O–H groups in total. The van der Waals surface area contributed by atoms with Gasteiger partial charge >= 0.3 is 5.97 Å². The van der Waals surface area contributed by atoms with E-state index >= 15 is 0 Å². The molecule has 0 bridgehead atoms. The van der Waals surface area contributed by atoms with Gasteiger partial charge in [-0.05, 0) is 73.8 Å².